The Morgan fingerprint density at radius 3 is 2.56 bits per heavy atom. The lowest BCUT2D eigenvalue weighted by Gasteiger charge is -2.23. The minimum Gasteiger partial charge on any atom is -0.294 e. The number of nitrogens with zero attached hydrogens (tertiary/aromatic N) is 5. The van der Waals surface area contributed by atoms with Gasteiger partial charge < -0.3 is 0 Å². The predicted octanol–water partition coefficient (Wildman–Crippen LogP) is 4.89. The highest BCUT2D eigenvalue weighted by Gasteiger charge is 2.28. The van der Waals surface area contributed by atoms with Crippen molar-refractivity contribution in [3.8, 4) is 0 Å². The average Bonchev–Trinajstić information content (AvgIpc) is 3.19. The Morgan fingerprint density at radius 1 is 1.09 bits per heavy atom. The largest absolute Gasteiger partial charge is 0.294 e. The summed E-state index contributed by atoms with van der Waals surface area (Å²) in [5.41, 5.74) is 3.36. The fourth-order valence-corrected chi connectivity index (χ4v) is 4.66. The summed E-state index contributed by atoms with van der Waals surface area (Å²) >= 11 is 7.39. The lowest BCUT2D eigenvalue weighted by Crippen LogP contribution is -2.21. The van der Waals surface area contributed by atoms with Gasteiger partial charge in [0.25, 0.3) is 11.5 Å². The summed E-state index contributed by atoms with van der Waals surface area (Å²) < 4.78 is 1.54. The Morgan fingerprint density at radius 2 is 1.84 bits per heavy atom. The summed E-state index contributed by atoms with van der Waals surface area (Å²) in [7, 11) is 0. The maximum Gasteiger partial charge on any atom is 0.269 e. The number of halogens is 1. The van der Waals surface area contributed by atoms with Gasteiger partial charge in [0.2, 0.25) is 5.16 Å². The number of fused-ring (bicyclic) bond motifs is 2. The van der Waals surface area contributed by atoms with Crippen LogP contribution in [-0.4, -0.2) is 30.3 Å². The maximum atomic E-state index is 12.8. The molecule has 0 amide bonds. The molecule has 8 nitrogen and oxygen atoms in total. The van der Waals surface area contributed by atoms with E-state index in [2.05, 4.69) is 15.1 Å². The molecule has 0 saturated heterocycles. The molecule has 1 aliphatic carbocycles. The van der Waals surface area contributed by atoms with Crippen molar-refractivity contribution in [2.45, 2.75) is 29.7 Å². The van der Waals surface area contributed by atoms with E-state index in [0.29, 0.717) is 40.1 Å². The zero-order valence-electron chi connectivity index (χ0n) is 16.6. The Labute approximate surface area is 191 Å². The zero-order chi connectivity index (χ0) is 22.2. The van der Waals surface area contributed by atoms with Crippen LogP contribution in [0.2, 0.25) is 5.02 Å². The van der Waals surface area contributed by atoms with Gasteiger partial charge in [-0.05, 0) is 35.6 Å². The first-order chi connectivity index (χ1) is 15.5. The molecule has 0 saturated carbocycles. The molecular formula is C22H16ClN5O3S. The van der Waals surface area contributed by atoms with Crippen molar-refractivity contribution in [2.75, 3.05) is 0 Å². The molecule has 0 radical (unpaired) electrons. The minimum absolute atomic E-state index is 0.0381. The number of hydrogen-bond donors (Lipinski definition) is 0. The number of nitro benzene ring substituents is 1. The van der Waals surface area contributed by atoms with Gasteiger partial charge in [-0.15, -0.1) is 5.10 Å². The summed E-state index contributed by atoms with van der Waals surface area (Å²) in [5, 5.41) is 16.4. The molecule has 1 aliphatic rings. The van der Waals surface area contributed by atoms with Gasteiger partial charge in [0.05, 0.1) is 16.2 Å². The summed E-state index contributed by atoms with van der Waals surface area (Å²) in [5.74, 6) is 1.10. The molecule has 0 bridgehead atoms. The smallest absolute Gasteiger partial charge is 0.269 e. The van der Waals surface area contributed by atoms with Crippen LogP contribution in [-0.2, 0) is 12.2 Å². The van der Waals surface area contributed by atoms with Crippen molar-refractivity contribution < 1.29 is 9.72 Å². The molecule has 5 rings (SSSR count). The van der Waals surface area contributed by atoms with Gasteiger partial charge in [-0.1, -0.05) is 47.6 Å². The Bertz CT molecular complexity index is 1340. The molecule has 32 heavy (non-hydrogen) atoms. The van der Waals surface area contributed by atoms with E-state index in [9.17, 15) is 14.9 Å². The molecule has 2 aromatic heterocycles. The molecule has 0 unspecified atom stereocenters. The molecule has 2 heterocycles. The molecule has 160 valence electrons. The minimum atomic E-state index is -0.424. The molecule has 1 atom stereocenters. The number of non-ortho nitro benzene ring substituents is 1. The molecule has 10 heteroatoms. The summed E-state index contributed by atoms with van der Waals surface area (Å²) in [6.45, 7) is 0. The van der Waals surface area contributed by atoms with Gasteiger partial charge in [-0.25, -0.2) is 9.50 Å². The lowest BCUT2D eigenvalue weighted by molar-refractivity contribution is -0.384. The number of thioether (sulfide) groups is 1. The molecule has 0 aliphatic heterocycles. The Hall–Kier alpha value is -3.30. The third-order valence-electron chi connectivity index (χ3n) is 5.42. The van der Waals surface area contributed by atoms with E-state index in [1.807, 2.05) is 24.3 Å². The second-order valence-electron chi connectivity index (χ2n) is 7.53. The Kier molecular flexibility index (Phi) is 5.36. The van der Waals surface area contributed by atoms with Crippen LogP contribution in [0.3, 0.4) is 0 Å². The van der Waals surface area contributed by atoms with E-state index < -0.39 is 4.92 Å². The monoisotopic (exact) mass is 465 g/mol. The zero-order valence-corrected chi connectivity index (χ0v) is 18.2. The van der Waals surface area contributed by atoms with Crippen molar-refractivity contribution in [1.29, 1.82) is 0 Å². The van der Waals surface area contributed by atoms with E-state index in [1.165, 1.54) is 28.4 Å². The number of carbonyl (C=O) groups is 1. The SMILES string of the molecule is O=C1C[C@H](c2ccc(Cl)cc2)Cc2nc3nc(SCc4ccc([N+](=O)[O-])cc4)nn3cc21. The fraction of sp³-hybridized carbons (Fsp3) is 0.182. The first-order valence-electron chi connectivity index (χ1n) is 9.87. The van der Waals surface area contributed by atoms with Gasteiger partial charge in [-0.2, -0.15) is 4.98 Å². The van der Waals surface area contributed by atoms with E-state index in [-0.39, 0.29) is 17.4 Å². The van der Waals surface area contributed by atoms with Crippen molar-refractivity contribution >= 4 is 40.6 Å². The topological polar surface area (TPSA) is 103 Å². The van der Waals surface area contributed by atoms with Crippen LogP contribution in [0.4, 0.5) is 5.69 Å². The second-order valence-corrected chi connectivity index (χ2v) is 8.91. The third-order valence-corrected chi connectivity index (χ3v) is 6.58. The van der Waals surface area contributed by atoms with Crippen LogP contribution in [0, 0.1) is 10.1 Å². The summed E-state index contributed by atoms with van der Waals surface area (Å²) in [6.07, 6.45) is 2.77. The van der Waals surface area contributed by atoms with Crippen LogP contribution in [0.25, 0.3) is 5.78 Å². The van der Waals surface area contributed by atoms with Crippen LogP contribution < -0.4 is 0 Å². The lowest BCUT2D eigenvalue weighted by atomic mass is 9.82. The van der Waals surface area contributed by atoms with E-state index in [4.69, 9.17) is 11.6 Å². The predicted molar refractivity (Wildman–Crippen MR) is 120 cm³/mol. The number of ketones is 1. The van der Waals surface area contributed by atoms with Gasteiger partial charge in [0, 0.05) is 35.5 Å². The van der Waals surface area contributed by atoms with Crippen molar-refractivity contribution in [2.24, 2.45) is 0 Å². The van der Waals surface area contributed by atoms with Crippen LogP contribution in [0.1, 0.15) is 39.5 Å². The van der Waals surface area contributed by atoms with Crippen LogP contribution >= 0.6 is 23.4 Å². The fourth-order valence-electron chi connectivity index (χ4n) is 3.76. The number of carbonyl (C=O) groups excluding carboxylic acids is 1. The highest BCUT2D eigenvalue weighted by atomic mass is 35.5. The Balaban J connectivity index is 1.36. The first-order valence-corrected chi connectivity index (χ1v) is 11.2. The van der Waals surface area contributed by atoms with Gasteiger partial charge in [0.1, 0.15) is 0 Å². The molecule has 0 spiro atoms. The van der Waals surface area contributed by atoms with Crippen molar-refractivity contribution in [3.63, 3.8) is 0 Å². The van der Waals surface area contributed by atoms with Gasteiger partial charge >= 0.3 is 0 Å². The van der Waals surface area contributed by atoms with Crippen molar-refractivity contribution in [3.05, 3.63) is 92.2 Å². The maximum absolute atomic E-state index is 12.8. The number of hydrogen-bond acceptors (Lipinski definition) is 7. The summed E-state index contributed by atoms with van der Waals surface area (Å²) in [4.78, 5) is 32.3. The number of aromatic nitrogens is 4. The number of rotatable bonds is 5. The number of nitro groups is 1. The molecule has 0 fully saturated rings. The van der Waals surface area contributed by atoms with E-state index >= 15 is 0 Å². The second kappa shape index (κ2) is 8.33. The molecule has 4 aromatic rings. The standard InChI is InChI=1S/C22H16ClN5O3S/c23-16-5-3-14(4-6-16)15-9-19-18(20(29)10-15)11-27-21(24-19)25-22(26-27)32-12-13-1-7-17(8-2-13)28(30)31/h1-8,11,15H,9-10,12H2/t15-/m1/s1. The average molecular weight is 466 g/mol. The van der Waals surface area contributed by atoms with Crippen LogP contribution in [0.5, 0.6) is 0 Å². The van der Waals surface area contributed by atoms with Crippen molar-refractivity contribution in [1.82, 2.24) is 19.6 Å². The molecule has 2 aromatic carbocycles. The van der Waals surface area contributed by atoms with Gasteiger partial charge in [-0.3, -0.25) is 14.9 Å². The normalized spacial score (nSPS) is 15.7. The number of Topliss-reactive ketones (excluding diaryl/α,β-unsaturated/α-hetero) is 1. The first kappa shape index (κ1) is 20.6. The summed E-state index contributed by atoms with van der Waals surface area (Å²) in [6, 6.07) is 14.0. The van der Waals surface area contributed by atoms with E-state index in [0.717, 1.165) is 16.8 Å². The highest BCUT2D eigenvalue weighted by molar-refractivity contribution is 7.98. The van der Waals surface area contributed by atoms with Gasteiger partial charge in [0.15, 0.2) is 5.78 Å². The third kappa shape index (κ3) is 4.09. The quantitative estimate of drug-likeness (QED) is 0.235. The van der Waals surface area contributed by atoms with Crippen LogP contribution in [0.15, 0.2) is 59.9 Å². The molecule has 0 N–H and O–H groups in total. The number of benzene rings is 2. The molecular weight excluding hydrogens is 450 g/mol. The highest BCUT2D eigenvalue weighted by Crippen LogP contribution is 2.33. The van der Waals surface area contributed by atoms with E-state index in [1.54, 1.807) is 18.3 Å².